The summed E-state index contributed by atoms with van der Waals surface area (Å²) in [6, 6.07) is 3.01. The minimum absolute atomic E-state index is 0.273. The molecule has 0 N–H and O–H groups in total. The summed E-state index contributed by atoms with van der Waals surface area (Å²) in [5.41, 5.74) is 1.15. The maximum atomic E-state index is 13.4. The zero-order valence-corrected chi connectivity index (χ0v) is 10.3. The molecule has 0 fully saturated rings. The first-order valence-corrected chi connectivity index (χ1v) is 5.89. The summed E-state index contributed by atoms with van der Waals surface area (Å²) in [6.07, 6.45) is 0. The van der Waals surface area contributed by atoms with Crippen LogP contribution in [0.2, 0.25) is 5.02 Å². The van der Waals surface area contributed by atoms with E-state index in [2.05, 4.69) is 17.6 Å². The first-order chi connectivity index (χ1) is 7.08. The second-order valence-electron chi connectivity index (χ2n) is 3.09. The number of halogens is 2. The van der Waals surface area contributed by atoms with Crippen LogP contribution in [0.15, 0.2) is 22.5 Å². The molecule has 0 atom stereocenters. The summed E-state index contributed by atoms with van der Waals surface area (Å²) in [6.45, 7) is 1.68. The van der Waals surface area contributed by atoms with Crippen LogP contribution in [0.4, 0.5) is 4.39 Å². The van der Waals surface area contributed by atoms with Gasteiger partial charge in [0.15, 0.2) is 0 Å². The molecule has 0 unspecified atom stereocenters. The third kappa shape index (κ3) is 2.17. The topological polar surface area (TPSA) is 12.9 Å². The Kier molecular flexibility index (Phi) is 3.00. The van der Waals surface area contributed by atoms with E-state index >= 15 is 0 Å². The molecule has 0 saturated heterocycles. The molecule has 0 bridgehead atoms. The molecule has 0 aliphatic rings. The molecular formula is C10H7ClFNS2. The maximum absolute atomic E-state index is 13.4. The fourth-order valence-corrected chi connectivity index (χ4v) is 2.61. The zero-order valence-electron chi connectivity index (χ0n) is 7.79. The van der Waals surface area contributed by atoms with Crippen LogP contribution in [-0.4, -0.2) is 4.98 Å². The van der Waals surface area contributed by atoms with Crippen LogP contribution in [0, 0.1) is 12.7 Å². The number of nitrogens with zero attached hydrogens (tertiary/aromatic N) is 1. The van der Waals surface area contributed by atoms with Crippen molar-refractivity contribution in [3.8, 4) is 10.6 Å². The van der Waals surface area contributed by atoms with Crippen LogP contribution in [0.3, 0.4) is 0 Å². The molecule has 1 aromatic heterocycles. The molecular weight excluding hydrogens is 253 g/mol. The average Bonchev–Trinajstić information content (AvgIpc) is 2.58. The standard InChI is InChI=1S/C10H7ClFNS2/c1-5-2-7(11)6(3-8(5)12)10-13-9(14)4-15-10/h2-4,14H,1H3. The van der Waals surface area contributed by atoms with Crippen molar-refractivity contribution in [1.82, 2.24) is 4.98 Å². The van der Waals surface area contributed by atoms with Gasteiger partial charge in [-0.15, -0.1) is 24.0 Å². The number of aryl methyl sites for hydroxylation is 1. The van der Waals surface area contributed by atoms with Gasteiger partial charge in [0.1, 0.15) is 15.9 Å². The highest BCUT2D eigenvalue weighted by Gasteiger charge is 2.10. The van der Waals surface area contributed by atoms with Gasteiger partial charge >= 0.3 is 0 Å². The van der Waals surface area contributed by atoms with E-state index in [0.29, 0.717) is 26.2 Å². The third-order valence-electron chi connectivity index (χ3n) is 1.97. The van der Waals surface area contributed by atoms with Gasteiger partial charge in [-0.1, -0.05) is 11.6 Å². The van der Waals surface area contributed by atoms with Gasteiger partial charge in [-0.3, -0.25) is 0 Å². The molecule has 1 aromatic carbocycles. The molecule has 0 aliphatic heterocycles. The predicted octanol–water partition coefficient (Wildman–Crippen LogP) is 4.20. The van der Waals surface area contributed by atoms with Crippen LogP contribution in [0.5, 0.6) is 0 Å². The monoisotopic (exact) mass is 259 g/mol. The molecule has 0 spiro atoms. The molecule has 2 rings (SSSR count). The van der Waals surface area contributed by atoms with Gasteiger partial charge in [0.25, 0.3) is 0 Å². The Hall–Kier alpha value is -0.580. The quantitative estimate of drug-likeness (QED) is 0.758. The number of hydrogen-bond acceptors (Lipinski definition) is 3. The molecule has 2 aromatic rings. The fourth-order valence-electron chi connectivity index (χ4n) is 1.20. The van der Waals surface area contributed by atoms with Crippen LogP contribution in [0.25, 0.3) is 10.6 Å². The summed E-state index contributed by atoms with van der Waals surface area (Å²) in [5.74, 6) is -0.273. The second-order valence-corrected chi connectivity index (χ2v) is 4.82. The molecule has 1 nitrogen and oxygen atoms in total. The summed E-state index contributed by atoms with van der Waals surface area (Å²) in [4.78, 5) is 4.14. The molecule has 0 radical (unpaired) electrons. The number of rotatable bonds is 1. The van der Waals surface area contributed by atoms with Crippen molar-refractivity contribution in [3.63, 3.8) is 0 Å². The molecule has 1 heterocycles. The number of aromatic nitrogens is 1. The van der Waals surface area contributed by atoms with E-state index in [4.69, 9.17) is 11.6 Å². The summed E-state index contributed by atoms with van der Waals surface area (Å²) in [7, 11) is 0. The van der Waals surface area contributed by atoms with Crippen molar-refractivity contribution in [1.29, 1.82) is 0 Å². The van der Waals surface area contributed by atoms with Gasteiger partial charge in [0, 0.05) is 10.9 Å². The van der Waals surface area contributed by atoms with Gasteiger partial charge in [-0.2, -0.15) is 0 Å². The Balaban J connectivity index is 2.58. The largest absolute Gasteiger partial charge is 0.230 e. The molecule has 0 saturated carbocycles. The summed E-state index contributed by atoms with van der Waals surface area (Å²) in [5, 5.41) is 3.60. The lowest BCUT2D eigenvalue weighted by atomic mass is 10.1. The molecule has 5 heteroatoms. The smallest absolute Gasteiger partial charge is 0.126 e. The van der Waals surface area contributed by atoms with E-state index in [0.717, 1.165) is 0 Å². The van der Waals surface area contributed by atoms with E-state index < -0.39 is 0 Å². The minimum atomic E-state index is -0.273. The minimum Gasteiger partial charge on any atom is -0.230 e. The fraction of sp³-hybridized carbons (Fsp3) is 0.100. The van der Waals surface area contributed by atoms with Gasteiger partial charge in [0.2, 0.25) is 0 Å². The van der Waals surface area contributed by atoms with E-state index in [1.54, 1.807) is 18.4 Å². The predicted molar refractivity (Wildman–Crippen MR) is 64.5 cm³/mol. The normalized spacial score (nSPS) is 10.7. The van der Waals surface area contributed by atoms with Crippen LogP contribution in [0.1, 0.15) is 5.56 Å². The van der Waals surface area contributed by atoms with Gasteiger partial charge < -0.3 is 0 Å². The second kappa shape index (κ2) is 4.12. The van der Waals surface area contributed by atoms with Crippen molar-refractivity contribution in [2.24, 2.45) is 0 Å². The van der Waals surface area contributed by atoms with Gasteiger partial charge in [0.05, 0.1) is 5.02 Å². The Morgan fingerprint density at radius 2 is 2.20 bits per heavy atom. The molecule has 0 amide bonds. The zero-order chi connectivity index (χ0) is 11.0. The first kappa shape index (κ1) is 10.9. The third-order valence-corrected chi connectivity index (χ3v) is 3.56. The Bertz CT molecular complexity index is 510. The van der Waals surface area contributed by atoms with Crippen LogP contribution >= 0.6 is 35.6 Å². The van der Waals surface area contributed by atoms with Gasteiger partial charge in [-0.05, 0) is 24.6 Å². The number of thiazole rings is 1. The Morgan fingerprint density at radius 1 is 1.47 bits per heavy atom. The maximum Gasteiger partial charge on any atom is 0.126 e. The lowest BCUT2D eigenvalue weighted by Gasteiger charge is -2.03. The number of thiol groups is 1. The van der Waals surface area contributed by atoms with Crippen LogP contribution < -0.4 is 0 Å². The highest BCUT2D eigenvalue weighted by atomic mass is 35.5. The average molecular weight is 260 g/mol. The lowest BCUT2D eigenvalue weighted by Crippen LogP contribution is -1.86. The first-order valence-electron chi connectivity index (χ1n) is 4.18. The Morgan fingerprint density at radius 3 is 2.80 bits per heavy atom. The Labute approximate surface area is 101 Å². The van der Waals surface area contributed by atoms with E-state index in [1.165, 1.54) is 17.4 Å². The van der Waals surface area contributed by atoms with Crippen LogP contribution in [-0.2, 0) is 0 Å². The highest BCUT2D eigenvalue weighted by Crippen LogP contribution is 2.32. The SMILES string of the molecule is Cc1cc(Cl)c(-c2nc(S)cs2)cc1F. The molecule has 15 heavy (non-hydrogen) atoms. The summed E-state index contributed by atoms with van der Waals surface area (Å²) < 4.78 is 13.4. The number of hydrogen-bond donors (Lipinski definition) is 1. The van der Waals surface area contributed by atoms with Crippen molar-refractivity contribution < 1.29 is 4.39 Å². The van der Waals surface area contributed by atoms with Crippen molar-refractivity contribution in [2.45, 2.75) is 11.9 Å². The highest BCUT2D eigenvalue weighted by molar-refractivity contribution is 7.80. The van der Waals surface area contributed by atoms with E-state index in [-0.39, 0.29) is 5.82 Å². The van der Waals surface area contributed by atoms with Crippen molar-refractivity contribution in [2.75, 3.05) is 0 Å². The van der Waals surface area contributed by atoms with Crippen molar-refractivity contribution >= 4 is 35.6 Å². The molecule has 0 aliphatic carbocycles. The van der Waals surface area contributed by atoms with E-state index in [9.17, 15) is 4.39 Å². The number of benzene rings is 1. The lowest BCUT2D eigenvalue weighted by molar-refractivity contribution is 0.619. The van der Waals surface area contributed by atoms with Gasteiger partial charge in [-0.25, -0.2) is 9.37 Å². The van der Waals surface area contributed by atoms with E-state index in [1.807, 2.05) is 0 Å². The van der Waals surface area contributed by atoms with Crippen molar-refractivity contribution in [3.05, 3.63) is 33.9 Å². The summed E-state index contributed by atoms with van der Waals surface area (Å²) >= 11 is 11.5. The molecule has 78 valence electrons.